The van der Waals surface area contributed by atoms with E-state index in [4.69, 9.17) is 14.2 Å². The number of pyridine rings is 1. The predicted octanol–water partition coefficient (Wildman–Crippen LogP) is 3.64. The van der Waals surface area contributed by atoms with Gasteiger partial charge in [0.2, 0.25) is 6.79 Å². The normalized spacial score (nSPS) is 17.9. The van der Waals surface area contributed by atoms with Crippen molar-refractivity contribution in [3.8, 4) is 11.5 Å². The zero-order valence-corrected chi connectivity index (χ0v) is 20.9. The van der Waals surface area contributed by atoms with Crippen molar-refractivity contribution in [3.05, 3.63) is 62.3 Å². The van der Waals surface area contributed by atoms with Crippen LogP contribution in [-0.4, -0.2) is 49.6 Å². The highest BCUT2D eigenvalue weighted by atomic mass is 32.1. The average molecular weight is 509 g/mol. The van der Waals surface area contributed by atoms with Gasteiger partial charge in [-0.15, -0.1) is 16.4 Å². The molecular weight excluding hydrogens is 480 g/mol. The van der Waals surface area contributed by atoms with Gasteiger partial charge in [-0.25, -0.2) is 4.68 Å². The lowest BCUT2D eigenvalue weighted by atomic mass is 10.1. The van der Waals surface area contributed by atoms with Gasteiger partial charge in [0.15, 0.2) is 17.3 Å². The summed E-state index contributed by atoms with van der Waals surface area (Å²) in [4.78, 5) is 19.7. The van der Waals surface area contributed by atoms with Crippen molar-refractivity contribution in [1.29, 1.82) is 0 Å². The topological polar surface area (TPSA) is 107 Å². The van der Waals surface area contributed by atoms with Crippen LogP contribution >= 0.6 is 11.3 Å². The van der Waals surface area contributed by atoms with Gasteiger partial charge in [-0.2, -0.15) is 0 Å². The van der Waals surface area contributed by atoms with Crippen LogP contribution in [0.5, 0.6) is 11.5 Å². The number of hydrogen-bond donors (Lipinski definition) is 1. The van der Waals surface area contributed by atoms with Gasteiger partial charge < -0.3 is 19.2 Å². The number of nitrogens with zero attached hydrogens (tertiary/aromatic N) is 5. The Balaban J connectivity index is 1.34. The van der Waals surface area contributed by atoms with Gasteiger partial charge in [0, 0.05) is 41.6 Å². The molecule has 0 bridgehead atoms. The third-order valence-corrected chi connectivity index (χ3v) is 7.67. The first kappa shape index (κ1) is 23.1. The first-order valence-electron chi connectivity index (χ1n) is 12.3. The van der Waals surface area contributed by atoms with Gasteiger partial charge in [-0.05, 0) is 53.3 Å². The second-order valence-electron chi connectivity index (χ2n) is 9.18. The smallest absolute Gasteiger partial charge is 0.252 e. The molecule has 2 aliphatic rings. The zero-order chi connectivity index (χ0) is 24.5. The summed E-state index contributed by atoms with van der Waals surface area (Å²) in [5.41, 5.74) is 1.28. The highest BCUT2D eigenvalue weighted by Crippen LogP contribution is 2.35. The van der Waals surface area contributed by atoms with Crippen LogP contribution in [0.4, 0.5) is 0 Å². The molecule has 188 valence electrons. The Morgan fingerprint density at radius 2 is 2.14 bits per heavy atom. The first-order valence-corrected chi connectivity index (χ1v) is 13.2. The predicted molar refractivity (Wildman–Crippen MR) is 134 cm³/mol. The molecule has 1 saturated heterocycles. The van der Waals surface area contributed by atoms with Gasteiger partial charge >= 0.3 is 0 Å². The largest absolute Gasteiger partial charge is 0.454 e. The minimum absolute atomic E-state index is 0.0737. The number of rotatable bonds is 9. The van der Waals surface area contributed by atoms with E-state index < -0.39 is 0 Å². The van der Waals surface area contributed by atoms with Crippen molar-refractivity contribution in [2.75, 3.05) is 13.4 Å². The number of fused-ring (bicyclic) bond motifs is 2. The van der Waals surface area contributed by atoms with E-state index in [1.54, 1.807) is 11.3 Å². The van der Waals surface area contributed by atoms with Crippen LogP contribution in [-0.2, 0) is 24.4 Å². The standard InChI is InChI=1S/C25H28N6O4S/c1-2-21(24-27-28-29-31(24)13-18-5-3-7-33-18)30(14-19-6-4-8-36-19)12-17-9-16-10-22-23(35-15-34-22)11-20(16)26-25(17)32/h4,6,8-11,18,21H,2-3,5,7,12-15H2,1H3,(H,26,32)/t18-,21+/m0/s1. The quantitative estimate of drug-likeness (QED) is 0.365. The number of aromatic amines is 1. The van der Waals surface area contributed by atoms with Crippen molar-refractivity contribution >= 4 is 22.2 Å². The van der Waals surface area contributed by atoms with E-state index >= 15 is 0 Å². The molecule has 1 N–H and O–H groups in total. The van der Waals surface area contributed by atoms with E-state index in [-0.39, 0.29) is 24.5 Å². The van der Waals surface area contributed by atoms with Crippen LogP contribution in [0.2, 0.25) is 0 Å². The lowest BCUT2D eigenvalue weighted by Gasteiger charge is -2.30. The van der Waals surface area contributed by atoms with E-state index in [0.29, 0.717) is 36.7 Å². The van der Waals surface area contributed by atoms with Crippen LogP contribution in [0, 0.1) is 0 Å². The van der Waals surface area contributed by atoms with Crippen LogP contribution in [0.1, 0.15) is 48.5 Å². The third kappa shape index (κ3) is 4.61. The van der Waals surface area contributed by atoms with E-state index in [0.717, 1.165) is 42.6 Å². The number of tetrazole rings is 1. The zero-order valence-electron chi connectivity index (χ0n) is 20.1. The summed E-state index contributed by atoms with van der Waals surface area (Å²) < 4.78 is 18.7. The molecule has 0 radical (unpaired) electrons. The molecule has 4 aromatic rings. The Kier molecular flexibility index (Phi) is 6.43. The number of thiophene rings is 1. The molecule has 2 aliphatic heterocycles. The molecule has 36 heavy (non-hydrogen) atoms. The Morgan fingerprint density at radius 1 is 1.25 bits per heavy atom. The summed E-state index contributed by atoms with van der Waals surface area (Å²) in [5.74, 6) is 2.13. The third-order valence-electron chi connectivity index (χ3n) is 6.81. The van der Waals surface area contributed by atoms with Crippen LogP contribution < -0.4 is 15.0 Å². The molecular formula is C25H28N6O4S. The fourth-order valence-electron chi connectivity index (χ4n) is 5.02. The van der Waals surface area contributed by atoms with Gasteiger partial charge in [0.25, 0.3) is 5.56 Å². The van der Waals surface area contributed by atoms with Crippen LogP contribution in [0.15, 0.2) is 40.5 Å². The summed E-state index contributed by atoms with van der Waals surface area (Å²) in [6, 6.07) is 9.77. The average Bonchev–Trinajstić information content (AvgIpc) is 3.68. The number of hydrogen-bond acceptors (Lipinski definition) is 9. The maximum atomic E-state index is 13.2. The minimum atomic E-state index is -0.119. The molecule has 2 atom stereocenters. The number of H-pyrrole nitrogens is 1. The molecule has 0 aliphatic carbocycles. The van der Waals surface area contributed by atoms with Crippen LogP contribution in [0.25, 0.3) is 10.9 Å². The van der Waals surface area contributed by atoms with E-state index in [1.807, 2.05) is 28.9 Å². The fraction of sp³-hybridized carbons (Fsp3) is 0.440. The Bertz CT molecular complexity index is 1400. The SMILES string of the molecule is CC[C@H](c1nnnn1C[C@@H]1CCCO1)N(Cc1cccs1)Cc1cc2cc3c(cc2[nH]c1=O)OCO3. The summed E-state index contributed by atoms with van der Waals surface area (Å²) in [6.07, 6.45) is 3.00. The lowest BCUT2D eigenvalue weighted by molar-refractivity contribution is 0.0889. The minimum Gasteiger partial charge on any atom is -0.454 e. The Morgan fingerprint density at radius 3 is 2.92 bits per heavy atom. The number of benzene rings is 1. The van der Waals surface area contributed by atoms with E-state index in [1.165, 1.54) is 4.88 Å². The summed E-state index contributed by atoms with van der Waals surface area (Å²) in [7, 11) is 0. The van der Waals surface area contributed by atoms with E-state index in [9.17, 15) is 4.79 Å². The van der Waals surface area contributed by atoms with Gasteiger partial charge in [-0.1, -0.05) is 13.0 Å². The van der Waals surface area contributed by atoms with Crippen molar-refractivity contribution in [3.63, 3.8) is 0 Å². The molecule has 10 nitrogen and oxygen atoms in total. The molecule has 5 heterocycles. The van der Waals surface area contributed by atoms with Gasteiger partial charge in [-0.3, -0.25) is 9.69 Å². The maximum absolute atomic E-state index is 13.2. The Labute approximate surface area is 211 Å². The molecule has 1 aromatic carbocycles. The van der Waals surface area contributed by atoms with Crippen molar-refractivity contribution < 1.29 is 14.2 Å². The monoisotopic (exact) mass is 508 g/mol. The maximum Gasteiger partial charge on any atom is 0.252 e. The molecule has 3 aromatic heterocycles. The first-order chi connectivity index (χ1) is 17.7. The lowest BCUT2D eigenvalue weighted by Crippen LogP contribution is -2.33. The van der Waals surface area contributed by atoms with Crippen molar-refractivity contribution in [2.24, 2.45) is 0 Å². The molecule has 1 fully saturated rings. The number of aromatic nitrogens is 5. The Hall–Kier alpha value is -3.28. The molecule has 6 rings (SSSR count). The number of ether oxygens (including phenoxy) is 3. The van der Waals surface area contributed by atoms with E-state index in [2.05, 4.69) is 43.8 Å². The second kappa shape index (κ2) is 10.00. The molecule has 0 amide bonds. The van der Waals surface area contributed by atoms with Crippen molar-refractivity contribution in [1.82, 2.24) is 30.1 Å². The van der Waals surface area contributed by atoms with Crippen LogP contribution in [0.3, 0.4) is 0 Å². The van der Waals surface area contributed by atoms with Gasteiger partial charge in [0.05, 0.1) is 24.2 Å². The molecule has 0 unspecified atom stereocenters. The highest BCUT2D eigenvalue weighted by molar-refractivity contribution is 7.09. The fourth-order valence-corrected chi connectivity index (χ4v) is 5.75. The summed E-state index contributed by atoms with van der Waals surface area (Å²) in [6.45, 7) is 4.87. The molecule has 11 heteroatoms. The molecule has 0 saturated carbocycles. The molecule has 0 spiro atoms. The number of nitrogens with one attached hydrogen (secondary N) is 1. The highest BCUT2D eigenvalue weighted by Gasteiger charge is 2.28. The summed E-state index contributed by atoms with van der Waals surface area (Å²) >= 11 is 1.70. The van der Waals surface area contributed by atoms with Crippen molar-refractivity contribution in [2.45, 2.75) is 58.0 Å². The van der Waals surface area contributed by atoms with Gasteiger partial charge in [0.1, 0.15) is 0 Å². The summed E-state index contributed by atoms with van der Waals surface area (Å²) in [5, 5.41) is 15.7. The second-order valence-corrected chi connectivity index (χ2v) is 10.2.